The average Bonchev–Trinajstić information content (AvgIpc) is 2.24. The summed E-state index contributed by atoms with van der Waals surface area (Å²) in [4.78, 5) is 11.7. The smallest absolute Gasteiger partial charge is 0.237 e. The largest absolute Gasteiger partial charge is 0.396 e. The first-order chi connectivity index (χ1) is 7.61. The highest BCUT2D eigenvalue weighted by molar-refractivity contribution is 5.81. The van der Waals surface area contributed by atoms with Gasteiger partial charge in [-0.3, -0.25) is 4.79 Å². The van der Waals surface area contributed by atoms with Gasteiger partial charge in [-0.05, 0) is 39.7 Å². The maximum Gasteiger partial charge on any atom is 0.237 e. The quantitative estimate of drug-likeness (QED) is 0.519. The lowest BCUT2D eigenvalue weighted by atomic mass is 10.2. The molecule has 0 fully saturated rings. The van der Waals surface area contributed by atoms with Crippen LogP contribution in [0.1, 0.15) is 46.5 Å². The Morgan fingerprint density at radius 2 is 2.00 bits per heavy atom. The summed E-state index contributed by atoms with van der Waals surface area (Å²) in [6, 6.07) is 0.0946. The lowest BCUT2D eigenvalue weighted by molar-refractivity contribution is -0.123. The number of amides is 1. The number of carbonyl (C=O) groups excluding carboxylic acids is 1. The van der Waals surface area contributed by atoms with E-state index in [0.29, 0.717) is 0 Å². The molecule has 0 rings (SSSR count). The molecule has 0 spiro atoms. The highest BCUT2D eigenvalue weighted by atomic mass is 16.2. The molecule has 16 heavy (non-hydrogen) atoms. The molecule has 2 atom stereocenters. The van der Waals surface area contributed by atoms with Gasteiger partial charge in [0.2, 0.25) is 5.91 Å². The number of hydrogen-bond acceptors (Lipinski definition) is 3. The Balaban J connectivity index is 3.64. The number of aliphatic hydroxyl groups excluding tert-OH is 1. The van der Waals surface area contributed by atoms with Crippen molar-refractivity contribution in [2.45, 2.75) is 58.5 Å². The number of unbranched alkanes of at least 4 members (excludes halogenated alkanes) is 1. The lowest BCUT2D eigenvalue weighted by Crippen LogP contribution is -2.45. The molecule has 96 valence electrons. The summed E-state index contributed by atoms with van der Waals surface area (Å²) < 4.78 is 0. The second-order valence-corrected chi connectivity index (χ2v) is 4.30. The van der Waals surface area contributed by atoms with Crippen molar-refractivity contribution in [2.75, 3.05) is 13.2 Å². The zero-order valence-electron chi connectivity index (χ0n) is 10.8. The number of aliphatic hydroxyl groups is 1. The van der Waals surface area contributed by atoms with E-state index >= 15 is 0 Å². The van der Waals surface area contributed by atoms with Gasteiger partial charge in [-0.1, -0.05) is 13.3 Å². The molecular formula is C12H26N2O2. The van der Waals surface area contributed by atoms with Gasteiger partial charge in [-0.2, -0.15) is 0 Å². The molecule has 0 bridgehead atoms. The van der Waals surface area contributed by atoms with Crippen molar-refractivity contribution < 1.29 is 9.90 Å². The van der Waals surface area contributed by atoms with Crippen LogP contribution < -0.4 is 10.6 Å². The van der Waals surface area contributed by atoms with Crippen LogP contribution in [-0.4, -0.2) is 36.2 Å². The minimum atomic E-state index is -0.155. The number of nitrogens with one attached hydrogen (secondary N) is 2. The molecule has 4 heteroatoms. The van der Waals surface area contributed by atoms with E-state index < -0.39 is 0 Å². The van der Waals surface area contributed by atoms with Crippen LogP contribution in [0.2, 0.25) is 0 Å². The van der Waals surface area contributed by atoms with Crippen LogP contribution in [0.5, 0.6) is 0 Å². The molecule has 4 nitrogen and oxygen atoms in total. The molecule has 0 aromatic carbocycles. The zero-order valence-corrected chi connectivity index (χ0v) is 10.8. The molecule has 1 amide bonds. The van der Waals surface area contributed by atoms with E-state index in [2.05, 4.69) is 17.6 Å². The van der Waals surface area contributed by atoms with Gasteiger partial charge in [0, 0.05) is 12.6 Å². The third-order valence-corrected chi connectivity index (χ3v) is 2.54. The predicted molar refractivity (Wildman–Crippen MR) is 66.3 cm³/mol. The van der Waals surface area contributed by atoms with Crippen LogP contribution >= 0.6 is 0 Å². The van der Waals surface area contributed by atoms with E-state index in [0.717, 1.165) is 32.2 Å². The second-order valence-electron chi connectivity index (χ2n) is 4.30. The summed E-state index contributed by atoms with van der Waals surface area (Å²) in [6.07, 6.45) is 3.79. The van der Waals surface area contributed by atoms with Crippen molar-refractivity contribution in [1.29, 1.82) is 0 Å². The first-order valence-electron chi connectivity index (χ1n) is 6.26. The fourth-order valence-electron chi connectivity index (χ4n) is 1.52. The van der Waals surface area contributed by atoms with Gasteiger partial charge in [0.05, 0.1) is 6.04 Å². The first-order valence-corrected chi connectivity index (χ1v) is 6.26. The monoisotopic (exact) mass is 230 g/mol. The second kappa shape index (κ2) is 9.60. The van der Waals surface area contributed by atoms with E-state index in [-0.39, 0.29) is 24.6 Å². The molecule has 0 aromatic rings. The predicted octanol–water partition coefficient (Wildman–Crippen LogP) is 1.04. The Hall–Kier alpha value is -0.610. The van der Waals surface area contributed by atoms with E-state index in [9.17, 15) is 4.79 Å². The summed E-state index contributed by atoms with van der Waals surface area (Å²) in [6.45, 7) is 7.00. The van der Waals surface area contributed by atoms with Crippen molar-refractivity contribution in [1.82, 2.24) is 10.6 Å². The highest BCUT2D eigenvalue weighted by Gasteiger charge is 2.13. The first kappa shape index (κ1) is 15.4. The van der Waals surface area contributed by atoms with Crippen molar-refractivity contribution in [3.05, 3.63) is 0 Å². The van der Waals surface area contributed by atoms with Gasteiger partial charge >= 0.3 is 0 Å². The van der Waals surface area contributed by atoms with Gasteiger partial charge in [0.25, 0.3) is 0 Å². The topological polar surface area (TPSA) is 61.4 Å². The van der Waals surface area contributed by atoms with Crippen LogP contribution in [0.3, 0.4) is 0 Å². The van der Waals surface area contributed by atoms with Crippen molar-refractivity contribution >= 4 is 5.91 Å². The number of hydrogen-bond donors (Lipinski definition) is 3. The van der Waals surface area contributed by atoms with Crippen LogP contribution in [0.4, 0.5) is 0 Å². The Morgan fingerprint density at radius 3 is 2.56 bits per heavy atom. The fraction of sp³-hybridized carbons (Fsp3) is 0.917. The molecule has 0 aromatic heterocycles. The van der Waals surface area contributed by atoms with Gasteiger partial charge in [0.1, 0.15) is 0 Å². The molecule has 3 N–H and O–H groups in total. The van der Waals surface area contributed by atoms with E-state index in [1.54, 1.807) is 0 Å². The number of rotatable bonds is 9. The maximum atomic E-state index is 11.7. The lowest BCUT2D eigenvalue weighted by Gasteiger charge is -2.18. The summed E-state index contributed by atoms with van der Waals surface area (Å²) in [5.74, 6) is 0.0601. The minimum absolute atomic E-state index is 0.0601. The number of carbonyl (C=O) groups is 1. The Morgan fingerprint density at radius 1 is 1.31 bits per heavy atom. The van der Waals surface area contributed by atoms with Crippen LogP contribution in [-0.2, 0) is 4.79 Å². The minimum Gasteiger partial charge on any atom is -0.396 e. The Bertz CT molecular complexity index is 186. The fourth-order valence-corrected chi connectivity index (χ4v) is 1.52. The van der Waals surface area contributed by atoms with E-state index in [4.69, 9.17) is 5.11 Å². The van der Waals surface area contributed by atoms with E-state index in [1.807, 2.05) is 13.8 Å². The third-order valence-electron chi connectivity index (χ3n) is 2.54. The highest BCUT2D eigenvalue weighted by Crippen LogP contribution is 1.96. The van der Waals surface area contributed by atoms with Gasteiger partial charge in [-0.15, -0.1) is 0 Å². The standard InChI is InChI=1S/C12H26N2O2/c1-4-7-10(2)14-12(16)11(3)13-8-5-6-9-15/h10-11,13,15H,4-9H2,1-3H3,(H,14,16). The van der Waals surface area contributed by atoms with Crippen LogP contribution in [0.15, 0.2) is 0 Å². The van der Waals surface area contributed by atoms with Crippen LogP contribution in [0, 0.1) is 0 Å². The van der Waals surface area contributed by atoms with Gasteiger partial charge in [-0.25, -0.2) is 0 Å². The summed E-state index contributed by atoms with van der Waals surface area (Å²) >= 11 is 0. The summed E-state index contributed by atoms with van der Waals surface area (Å²) in [5.41, 5.74) is 0. The molecule has 2 unspecified atom stereocenters. The maximum absolute atomic E-state index is 11.7. The SMILES string of the molecule is CCCC(C)NC(=O)C(C)NCCCCO. The molecule has 0 heterocycles. The summed E-state index contributed by atoms with van der Waals surface area (Å²) in [7, 11) is 0. The molecule has 0 aliphatic rings. The van der Waals surface area contributed by atoms with Gasteiger partial charge < -0.3 is 15.7 Å². The molecule has 0 aliphatic carbocycles. The zero-order chi connectivity index (χ0) is 12.4. The third kappa shape index (κ3) is 7.65. The molecule has 0 saturated heterocycles. The summed E-state index contributed by atoms with van der Waals surface area (Å²) in [5, 5.41) is 14.7. The Labute approximate surface area is 98.8 Å². The van der Waals surface area contributed by atoms with Gasteiger partial charge in [0.15, 0.2) is 0 Å². The average molecular weight is 230 g/mol. The molecular weight excluding hydrogens is 204 g/mol. The van der Waals surface area contributed by atoms with Crippen molar-refractivity contribution in [2.24, 2.45) is 0 Å². The van der Waals surface area contributed by atoms with Crippen molar-refractivity contribution in [3.8, 4) is 0 Å². The van der Waals surface area contributed by atoms with E-state index in [1.165, 1.54) is 0 Å². The molecule has 0 radical (unpaired) electrons. The Kier molecular flexibility index (Phi) is 9.24. The molecule has 0 saturated carbocycles. The van der Waals surface area contributed by atoms with Crippen molar-refractivity contribution in [3.63, 3.8) is 0 Å². The van der Waals surface area contributed by atoms with Crippen LogP contribution in [0.25, 0.3) is 0 Å². The molecule has 0 aliphatic heterocycles. The normalized spacial score (nSPS) is 14.5.